The van der Waals surface area contributed by atoms with Gasteiger partial charge in [0.15, 0.2) is 10.6 Å². The lowest BCUT2D eigenvalue weighted by molar-refractivity contribution is 0.408. The smallest absolute Gasteiger partial charge is 0.200 e. The largest absolute Gasteiger partial charge is 0.508 e. The Hall–Kier alpha value is -2.31. The SMILES string of the molecule is C=C(O)/C=C(O)\C(=C/CC)c1n[nH]c(=S)n1-c1cccc(Cl)c1. The van der Waals surface area contributed by atoms with Crippen molar-refractivity contribution >= 4 is 29.4 Å². The molecule has 0 aliphatic carbocycles. The highest BCUT2D eigenvalue weighted by atomic mass is 35.5. The minimum absolute atomic E-state index is 0.156. The number of aliphatic hydroxyl groups excluding tert-OH is 2. The number of hydrogen-bond acceptors (Lipinski definition) is 4. The maximum absolute atomic E-state index is 10.2. The number of H-pyrrole nitrogens is 1. The summed E-state index contributed by atoms with van der Waals surface area (Å²) in [5.41, 5.74) is 1.14. The van der Waals surface area contributed by atoms with Gasteiger partial charge < -0.3 is 10.2 Å². The summed E-state index contributed by atoms with van der Waals surface area (Å²) in [5.74, 6) is -0.00122. The third-order valence-electron chi connectivity index (χ3n) is 2.97. The molecule has 120 valence electrons. The molecule has 0 bridgehead atoms. The van der Waals surface area contributed by atoms with Gasteiger partial charge >= 0.3 is 0 Å². The van der Waals surface area contributed by atoms with Gasteiger partial charge in [-0.25, -0.2) is 0 Å². The summed E-state index contributed by atoms with van der Waals surface area (Å²) in [4.78, 5) is 0. The van der Waals surface area contributed by atoms with Crippen molar-refractivity contribution in [2.45, 2.75) is 13.3 Å². The normalized spacial score (nSPS) is 12.4. The van der Waals surface area contributed by atoms with E-state index in [4.69, 9.17) is 23.8 Å². The molecule has 0 aliphatic rings. The molecule has 7 heteroatoms. The first-order valence-corrected chi connectivity index (χ1v) is 7.65. The van der Waals surface area contributed by atoms with Gasteiger partial charge in [-0.3, -0.25) is 9.67 Å². The highest BCUT2D eigenvalue weighted by Crippen LogP contribution is 2.25. The summed E-state index contributed by atoms with van der Waals surface area (Å²) in [7, 11) is 0. The van der Waals surface area contributed by atoms with E-state index in [1.165, 1.54) is 0 Å². The molecular formula is C16H16ClN3O2S. The van der Waals surface area contributed by atoms with E-state index in [2.05, 4.69) is 16.8 Å². The average molecular weight is 350 g/mol. The molecule has 0 saturated heterocycles. The van der Waals surface area contributed by atoms with Crippen molar-refractivity contribution in [3.8, 4) is 5.69 Å². The second kappa shape index (κ2) is 7.30. The number of allylic oxidation sites excluding steroid dienone is 3. The van der Waals surface area contributed by atoms with E-state index in [0.29, 0.717) is 33.3 Å². The molecule has 23 heavy (non-hydrogen) atoms. The minimum atomic E-state index is -0.257. The molecule has 0 saturated carbocycles. The zero-order chi connectivity index (χ0) is 17.0. The number of benzene rings is 1. The van der Waals surface area contributed by atoms with Crippen LogP contribution in [0.5, 0.6) is 0 Å². The van der Waals surface area contributed by atoms with Gasteiger partial charge in [0.05, 0.1) is 11.3 Å². The van der Waals surface area contributed by atoms with Gasteiger partial charge in [0.1, 0.15) is 11.5 Å². The van der Waals surface area contributed by atoms with E-state index >= 15 is 0 Å². The lowest BCUT2D eigenvalue weighted by atomic mass is 10.1. The number of rotatable bonds is 5. The lowest BCUT2D eigenvalue weighted by Crippen LogP contribution is -2.03. The number of nitrogens with one attached hydrogen (secondary N) is 1. The Kier molecular flexibility index (Phi) is 5.41. The van der Waals surface area contributed by atoms with E-state index in [9.17, 15) is 10.2 Å². The molecule has 0 radical (unpaired) electrons. The number of aromatic nitrogens is 3. The van der Waals surface area contributed by atoms with Crippen LogP contribution in [0.3, 0.4) is 0 Å². The second-order valence-electron chi connectivity index (χ2n) is 4.71. The molecular weight excluding hydrogens is 334 g/mol. The Labute approximate surface area is 143 Å². The Bertz CT molecular complexity index is 849. The van der Waals surface area contributed by atoms with Gasteiger partial charge in [-0.1, -0.05) is 37.2 Å². The number of nitrogens with zero attached hydrogens (tertiary/aromatic N) is 2. The number of hydrogen-bond donors (Lipinski definition) is 3. The Morgan fingerprint density at radius 2 is 2.22 bits per heavy atom. The maximum Gasteiger partial charge on any atom is 0.200 e. The first kappa shape index (κ1) is 17.1. The van der Waals surface area contributed by atoms with Crippen LogP contribution < -0.4 is 0 Å². The van der Waals surface area contributed by atoms with Gasteiger partial charge in [0, 0.05) is 11.1 Å². The molecule has 0 spiro atoms. The summed E-state index contributed by atoms with van der Waals surface area (Å²) in [6.45, 7) is 5.27. The minimum Gasteiger partial charge on any atom is -0.508 e. The van der Waals surface area contributed by atoms with Crippen molar-refractivity contribution in [3.05, 3.63) is 70.1 Å². The molecule has 0 aliphatic heterocycles. The standard InChI is InChI=1S/C16H16ClN3O2S/c1-3-5-13(14(22)8-10(2)21)15-18-19-16(23)20(15)12-7-4-6-11(17)9-12/h4-9,21-22H,2-3H2,1H3,(H,19,23)/b13-5+,14-8+. The van der Waals surface area contributed by atoms with Crippen LogP contribution in [0.25, 0.3) is 11.3 Å². The van der Waals surface area contributed by atoms with Crippen LogP contribution in [0.15, 0.2) is 54.5 Å². The molecule has 1 aromatic carbocycles. The fourth-order valence-corrected chi connectivity index (χ4v) is 2.50. The molecule has 3 N–H and O–H groups in total. The molecule has 1 heterocycles. The number of aliphatic hydroxyl groups is 2. The van der Waals surface area contributed by atoms with Gasteiger partial charge in [-0.15, -0.1) is 0 Å². The number of aromatic amines is 1. The van der Waals surface area contributed by atoms with Gasteiger partial charge in [0.25, 0.3) is 0 Å². The quantitative estimate of drug-likeness (QED) is 0.408. The third-order valence-corrected chi connectivity index (χ3v) is 3.48. The topological polar surface area (TPSA) is 74.1 Å². The van der Waals surface area contributed by atoms with Crippen molar-refractivity contribution in [2.24, 2.45) is 0 Å². The zero-order valence-electron chi connectivity index (χ0n) is 12.5. The van der Waals surface area contributed by atoms with Crippen LogP contribution in [-0.2, 0) is 0 Å². The van der Waals surface area contributed by atoms with Crippen molar-refractivity contribution in [1.29, 1.82) is 0 Å². The van der Waals surface area contributed by atoms with Crippen molar-refractivity contribution in [2.75, 3.05) is 0 Å². The summed E-state index contributed by atoms with van der Waals surface area (Å²) >= 11 is 11.3. The summed E-state index contributed by atoms with van der Waals surface area (Å²) in [6, 6.07) is 7.12. The first-order valence-electron chi connectivity index (χ1n) is 6.86. The van der Waals surface area contributed by atoms with Crippen LogP contribution in [0, 0.1) is 4.77 Å². The highest BCUT2D eigenvalue weighted by molar-refractivity contribution is 7.71. The van der Waals surface area contributed by atoms with Crippen LogP contribution in [0.1, 0.15) is 19.2 Å². The Balaban J connectivity index is 2.66. The molecule has 5 nitrogen and oxygen atoms in total. The molecule has 0 fully saturated rings. The van der Waals surface area contributed by atoms with E-state index in [0.717, 1.165) is 6.08 Å². The van der Waals surface area contributed by atoms with Crippen LogP contribution in [0.2, 0.25) is 5.02 Å². The molecule has 2 rings (SSSR count). The number of halogens is 1. The Morgan fingerprint density at radius 1 is 1.48 bits per heavy atom. The van der Waals surface area contributed by atoms with Crippen LogP contribution in [0.4, 0.5) is 0 Å². The van der Waals surface area contributed by atoms with Gasteiger partial charge in [0.2, 0.25) is 0 Å². The average Bonchev–Trinajstić information content (AvgIpc) is 2.85. The van der Waals surface area contributed by atoms with Gasteiger partial charge in [-0.05, 0) is 36.8 Å². The third kappa shape index (κ3) is 3.91. The first-order chi connectivity index (χ1) is 10.9. The van der Waals surface area contributed by atoms with Crippen LogP contribution >= 0.6 is 23.8 Å². The van der Waals surface area contributed by atoms with E-state index in [1.807, 2.05) is 13.0 Å². The van der Waals surface area contributed by atoms with Gasteiger partial charge in [-0.2, -0.15) is 5.10 Å². The monoisotopic (exact) mass is 349 g/mol. The van der Waals surface area contributed by atoms with Crippen molar-refractivity contribution in [3.63, 3.8) is 0 Å². The molecule has 0 unspecified atom stereocenters. The fourth-order valence-electron chi connectivity index (χ4n) is 2.08. The van der Waals surface area contributed by atoms with Crippen molar-refractivity contribution < 1.29 is 10.2 Å². The Morgan fingerprint density at radius 3 is 2.83 bits per heavy atom. The highest BCUT2D eigenvalue weighted by Gasteiger charge is 2.16. The van der Waals surface area contributed by atoms with E-state index in [-0.39, 0.29) is 11.5 Å². The predicted octanol–water partition coefficient (Wildman–Crippen LogP) is 4.89. The fraction of sp³-hybridized carbons (Fsp3) is 0.125. The molecule has 2 aromatic rings. The van der Waals surface area contributed by atoms with Crippen LogP contribution in [-0.4, -0.2) is 25.0 Å². The molecule has 0 amide bonds. The predicted molar refractivity (Wildman–Crippen MR) is 94.5 cm³/mol. The van der Waals surface area contributed by atoms with E-state index < -0.39 is 0 Å². The summed E-state index contributed by atoms with van der Waals surface area (Å²) in [5, 5.41) is 27.0. The second-order valence-corrected chi connectivity index (χ2v) is 5.54. The molecule has 0 atom stereocenters. The lowest BCUT2D eigenvalue weighted by Gasteiger charge is -2.10. The van der Waals surface area contributed by atoms with E-state index in [1.54, 1.807) is 28.8 Å². The summed E-state index contributed by atoms with van der Waals surface area (Å²) in [6.07, 6.45) is 3.59. The molecule has 1 aromatic heterocycles. The van der Waals surface area contributed by atoms with Crippen molar-refractivity contribution in [1.82, 2.24) is 14.8 Å². The zero-order valence-corrected chi connectivity index (χ0v) is 14.0. The summed E-state index contributed by atoms with van der Waals surface area (Å²) < 4.78 is 2.02. The maximum atomic E-state index is 10.2.